The summed E-state index contributed by atoms with van der Waals surface area (Å²) in [5, 5.41) is 6.90. The summed E-state index contributed by atoms with van der Waals surface area (Å²) < 4.78 is 6.09. The van der Waals surface area contributed by atoms with Crippen molar-refractivity contribution in [2.45, 2.75) is 6.42 Å². The molecule has 3 rings (SSSR count). The molecule has 0 saturated heterocycles. The van der Waals surface area contributed by atoms with E-state index in [0.717, 1.165) is 26.6 Å². The molecule has 1 heterocycles. The second-order valence-electron chi connectivity index (χ2n) is 5.37. The van der Waals surface area contributed by atoms with E-state index >= 15 is 0 Å². The van der Waals surface area contributed by atoms with Crippen LogP contribution in [0.5, 0.6) is 5.75 Å². The number of hydrogen-bond acceptors (Lipinski definition) is 4. The van der Waals surface area contributed by atoms with Crippen molar-refractivity contribution in [1.29, 1.82) is 0 Å². The number of ether oxygens (including phenoxy) is 1. The highest BCUT2D eigenvalue weighted by Crippen LogP contribution is 2.30. The highest BCUT2D eigenvalue weighted by Gasteiger charge is 2.15. The van der Waals surface area contributed by atoms with Crippen LogP contribution in [0, 0.1) is 0 Å². The Labute approximate surface area is 156 Å². The highest BCUT2D eigenvalue weighted by atomic mass is 79.9. The molecule has 7 heteroatoms. The van der Waals surface area contributed by atoms with Gasteiger partial charge in [0.1, 0.15) is 10.8 Å². The smallest absolute Gasteiger partial charge is 0.251 e. The number of primary amides is 1. The van der Waals surface area contributed by atoms with E-state index in [2.05, 4.69) is 21.2 Å². The molecule has 0 aliphatic carbocycles. The summed E-state index contributed by atoms with van der Waals surface area (Å²) in [7, 11) is 1.62. The number of benzene rings is 2. The molecule has 0 saturated carbocycles. The third kappa shape index (κ3) is 3.67. The first-order chi connectivity index (χ1) is 12.0. The summed E-state index contributed by atoms with van der Waals surface area (Å²) in [6, 6.07) is 11.2. The van der Waals surface area contributed by atoms with Gasteiger partial charge in [0.25, 0.3) is 5.91 Å². The maximum Gasteiger partial charge on any atom is 0.251 e. The van der Waals surface area contributed by atoms with Crippen molar-refractivity contribution in [2.24, 2.45) is 5.73 Å². The van der Waals surface area contributed by atoms with E-state index in [1.807, 2.05) is 30.3 Å². The normalized spacial score (nSPS) is 10.6. The van der Waals surface area contributed by atoms with Gasteiger partial charge in [0.05, 0.1) is 19.1 Å². The summed E-state index contributed by atoms with van der Waals surface area (Å²) in [6.45, 7) is 0. The van der Waals surface area contributed by atoms with Gasteiger partial charge in [-0.3, -0.25) is 9.59 Å². The number of carbonyl (C=O) groups is 2. The number of methoxy groups -OCH3 is 1. The van der Waals surface area contributed by atoms with Gasteiger partial charge in [-0.25, -0.2) is 0 Å². The molecule has 0 aliphatic rings. The fourth-order valence-electron chi connectivity index (χ4n) is 2.58. The molecule has 2 amide bonds. The molecular weight excluding hydrogens is 404 g/mol. The number of thiophene rings is 1. The SMILES string of the molecule is COc1ccc2c(CC(=O)Nc3sccc3C(N)=O)c(Br)ccc2c1. The van der Waals surface area contributed by atoms with Gasteiger partial charge in [0, 0.05) is 4.47 Å². The third-order valence-electron chi connectivity index (χ3n) is 3.80. The van der Waals surface area contributed by atoms with Crippen LogP contribution in [0.2, 0.25) is 0 Å². The zero-order valence-electron chi connectivity index (χ0n) is 13.3. The van der Waals surface area contributed by atoms with Crippen molar-refractivity contribution < 1.29 is 14.3 Å². The molecule has 0 atom stereocenters. The summed E-state index contributed by atoms with van der Waals surface area (Å²) in [5.41, 5.74) is 6.50. The number of amides is 2. The fraction of sp³-hybridized carbons (Fsp3) is 0.111. The van der Waals surface area contributed by atoms with Crippen molar-refractivity contribution >= 4 is 54.9 Å². The van der Waals surface area contributed by atoms with Crippen LogP contribution in [0.1, 0.15) is 15.9 Å². The monoisotopic (exact) mass is 418 g/mol. The predicted octanol–water partition coefficient (Wildman–Crippen LogP) is 3.95. The van der Waals surface area contributed by atoms with E-state index in [1.54, 1.807) is 18.6 Å². The Morgan fingerprint density at radius 3 is 2.76 bits per heavy atom. The van der Waals surface area contributed by atoms with Gasteiger partial charge < -0.3 is 15.8 Å². The van der Waals surface area contributed by atoms with Gasteiger partial charge in [0.15, 0.2) is 0 Å². The van der Waals surface area contributed by atoms with E-state index in [4.69, 9.17) is 10.5 Å². The van der Waals surface area contributed by atoms with Crippen LogP contribution in [-0.2, 0) is 11.2 Å². The van der Waals surface area contributed by atoms with Crippen LogP contribution in [0.4, 0.5) is 5.00 Å². The van der Waals surface area contributed by atoms with Crippen molar-refractivity contribution in [3.05, 3.63) is 57.4 Å². The molecular formula is C18H15BrN2O3S. The van der Waals surface area contributed by atoms with E-state index in [-0.39, 0.29) is 12.3 Å². The molecule has 0 bridgehead atoms. The molecule has 3 aromatic rings. The molecule has 25 heavy (non-hydrogen) atoms. The Hall–Kier alpha value is -2.38. The minimum Gasteiger partial charge on any atom is -0.497 e. The summed E-state index contributed by atoms with van der Waals surface area (Å²) in [6.07, 6.45) is 0.167. The Kier molecular flexibility index (Phi) is 5.06. The number of halogens is 1. The van der Waals surface area contributed by atoms with Crippen LogP contribution >= 0.6 is 27.3 Å². The Morgan fingerprint density at radius 1 is 1.24 bits per heavy atom. The quantitative estimate of drug-likeness (QED) is 0.657. The van der Waals surface area contributed by atoms with Gasteiger partial charge in [0.2, 0.25) is 5.91 Å². The second-order valence-corrected chi connectivity index (χ2v) is 7.14. The van der Waals surface area contributed by atoms with E-state index in [9.17, 15) is 9.59 Å². The number of nitrogens with one attached hydrogen (secondary N) is 1. The minimum atomic E-state index is -0.560. The second kappa shape index (κ2) is 7.25. The first-order valence-corrected chi connectivity index (χ1v) is 9.09. The maximum absolute atomic E-state index is 12.5. The largest absolute Gasteiger partial charge is 0.497 e. The minimum absolute atomic E-state index is 0.167. The average molecular weight is 419 g/mol. The zero-order chi connectivity index (χ0) is 18.0. The molecule has 1 aromatic heterocycles. The first kappa shape index (κ1) is 17.4. The van der Waals surface area contributed by atoms with Gasteiger partial charge in [-0.05, 0) is 46.0 Å². The average Bonchev–Trinajstić information content (AvgIpc) is 3.05. The van der Waals surface area contributed by atoms with Gasteiger partial charge in [-0.15, -0.1) is 11.3 Å². The Balaban J connectivity index is 1.89. The number of fused-ring (bicyclic) bond motifs is 1. The van der Waals surface area contributed by atoms with Crippen molar-refractivity contribution in [3.63, 3.8) is 0 Å². The Morgan fingerprint density at radius 2 is 2.04 bits per heavy atom. The summed E-state index contributed by atoms with van der Waals surface area (Å²) >= 11 is 4.78. The zero-order valence-corrected chi connectivity index (χ0v) is 15.7. The molecule has 0 fully saturated rings. The van der Waals surface area contributed by atoms with E-state index < -0.39 is 5.91 Å². The lowest BCUT2D eigenvalue weighted by atomic mass is 10.0. The molecule has 128 valence electrons. The number of hydrogen-bond donors (Lipinski definition) is 2. The summed E-state index contributed by atoms with van der Waals surface area (Å²) in [4.78, 5) is 23.8. The molecule has 5 nitrogen and oxygen atoms in total. The van der Waals surface area contributed by atoms with Gasteiger partial charge in [-0.2, -0.15) is 0 Å². The van der Waals surface area contributed by atoms with Crippen LogP contribution in [0.3, 0.4) is 0 Å². The van der Waals surface area contributed by atoms with E-state index in [1.165, 1.54) is 11.3 Å². The third-order valence-corrected chi connectivity index (χ3v) is 5.38. The van der Waals surface area contributed by atoms with Crippen molar-refractivity contribution in [3.8, 4) is 5.75 Å². The number of rotatable bonds is 5. The lowest BCUT2D eigenvalue weighted by molar-refractivity contribution is -0.115. The molecule has 2 aromatic carbocycles. The van der Waals surface area contributed by atoms with Gasteiger partial charge >= 0.3 is 0 Å². The fourth-order valence-corrected chi connectivity index (χ4v) is 3.88. The standard InChI is InChI=1S/C18H15BrN2O3S/c1-24-11-3-4-12-10(8-11)2-5-15(19)14(12)9-16(22)21-18-13(17(20)23)6-7-25-18/h2-8H,9H2,1H3,(H2,20,23)(H,21,22). The maximum atomic E-state index is 12.5. The highest BCUT2D eigenvalue weighted by molar-refractivity contribution is 9.10. The lowest BCUT2D eigenvalue weighted by Crippen LogP contribution is -2.18. The number of anilines is 1. The van der Waals surface area contributed by atoms with Crippen LogP contribution in [-0.4, -0.2) is 18.9 Å². The molecule has 3 N–H and O–H groups in total. The summed E-state index contributed by atoms with van der Waals surface area (Å²) in [5.74, 6) is -0.0149. The predicted molar refractivity (Wildman–Crippen MR) is 103 cm³/mol. The first-order valence-electron chi connectivity index (χ1n) is 7.42. The molecule has 0 aliphatic heterocycles. The molecule has 0 unspecified atom stereocenters. The van der Waals surface area contributed by atoms with Gasteiger partial charge in [-0.1, -0.05) is 28.1 Å². The Bertz CT molecular complexity index is 968. The van der Waals surface area contributed by atoms with Crippen molar-refractivity contribution in [1.82, 2.24) is 0 Å². The van der Waals surface area contributed by atoms with Crippen molar-refractivity contribution in [2.75, 3.05) is 12.4 Å². The van der Waals surface area contributed by atoms with Crippen LogP contribution in [0.15, 0.2) is 46.3 Å². The molecule has 0 spiro atoms. The van der Waals surface area contributed by atoms with Crippen LogP contribution < -0.4 is 15.8 Å². The van der Waals surface area contributed by atoms with E-state index in [0.29, 0.717) is 10.6 Å². The molecule has 0 radical (unpaired) electrons. The van der Waals surface area contributed by atoms with Crippen LogP contribution in [0.25, 0.3) is 10.8 Å². The topological polar surface area (TPSA) is 81.4 Å². The number of carbonyl (C=O) groups excluding carboxylic acids is 2. The number of nitrogens with two attached hydrogens (primary N) is 1. The lowest BCUT2D eigenvalue weighted by Gasteiger charge is -2.11.